The minimum atomic E-state index is -0.440. The van der Waals surface area contributed by atoms with Crippen LogP contribution in [0.15, 0.2) is 0 Å². The molecule has 78 valence electrons. The molecule has 0 saturated carbocycles. The zero-order chi connectivity index (χ0) is 10.6. The summed E-state index contributed by atoms with van der Waals surface area (Å²) in [5.74, 6) is -0.182. The van der Waals surface area contributed by atoms with E-state index in [9.17, 15) is 4.79 Å². The molecule has 1 rings (SSSR count). The Kier molecular flexibility index (Phi) is 3.70. The van der Waals surface area contributed by atoms with E-state index >= 15 is 0 Å². The summed E-state index contributed by atoms with van der Waals surface area (Å²) in [6, 6.07) is 0. The molecule has 0 radical (unpaired) electrons. The fourth-order valence-electron chi connectivity index (χ4n) is 0.882. The molecule has 0 atom stereocenters. The minimum Gasteiger partial charge on any atom is -0.477 e. The van der Waals surface area contributed by atoms with Crippen molar-refractivity contribution in [2.24, 2.45) is 0 Å². The predicted octanol–water partition coefficient (Wildman–Crippen LogP) is 1.30. The molecule has 0 bridgehead atoms. The Balaban J connectivity index is 2.88. The number of carbonyl (C=O) groups excluding carboxylic acids is 1. The van der Waals surface area contributed by atoms with Crippen molar-refractivity contribution in [2.45, 2.75) is 13.8 Å². The molecule has 6 heteroatoms. The lowest BCUT2D eigenvalue weighted by Crippen LogP contribution is -2.05. The van der Waals surface area contributed by atoms with E-state index in [1.807, 2.05) is 6.92 Å². The Bertz CT molecular complexity index is 324. The maximum Gasteiger partial charge on any atom is 0.354 e. The van der Waals surface area contributed by atoms with Crippen molar-refractivity contribution in [1.29, 1.82) is 0 Å². The molecule has 5 nitrogen and oxygen atoms in total. The highest BCUT2D eigenvalue weighted by Crippen LogP contribution is 2.27. The van der Waals surface area contributed by atoms with Gasteiger partial charge < -0.3 is 15.2 Å². The number of carbonyl (C=O) groups is 1. The van der Waals surface area contributed by atoms with Crippen molar-refractivity contribution in [2.75, 3.05) is 18.9 Å². The first-order valence-corrected chi connectivity index (χ1v) is 5.06. The number of rotatable bonds is 4. The van der Waals surface area contributed by atoms with E-state index in [2.05, 4.69) is 4.98 Å². The van der Waals surface area contributed by atoms with Gasteiger partial charge in [-0.1, -0.05) is 11.3 Å². The normalized spacial score (nSPS) is 9.86. The molecule has 0 spiro atoms. The van der Waals surface area contributed by atoms with Crippen molar-refractivity contribution in [3.05, 3.63) is 4.88 Å². The van der Waals surface area contributed by atoms with Crippen LogP contribution in [0.5, 0.6) is 5.88 Å². The van der Waals surface area contributed by atoms with Crippen molar-refractivity contribution < 1.29 is 14.3 Å². The molecule has 1 heterocycles. The highest BCUT2D eigenvalue weighted by molar-refractivity contribution is 7.17. The fourth-order valence-corrected chi connectivity index (χ4v) is 1.55. The van der Waals surface area contributed by atoms with Gasteiger partial charge in [0.15, 0.2) is 10.0 Å². The SMILES string of the molecule is CCOC(=O)c1sc(N)nc1OCC. The van der Waals surface area contributed by atoms with E-state index in [0.29, 0.717) is 23.2 Å². The van der Waals surface area contributed by atoms with Gasteiger partial charge in [0.1, 0.15) is 0 Å². The van der Waals surface area contributed by atoms with E-state index in [-0.39, 0.29) is 5.88 Å². The molecule has 0 fully saturated rings. The quantitative estimate of drug-likeness (QED) is 0.768. The molecule has 2 N–H and O–H groups in total. The van der Waals surface area contributed by atoms with Crippen LogP contribution in [0.2, 0.25) is 0 Å². The second kappa shape index (κ2) is 4.80. The van der Waals surface area contributed by atoms with Crippen LogP contribution in [-0.4, -0.2) is 24.2 Å². The highest BCUT2D eigenvalue weighted by atomic mass is 32.1. The molecule has 14 heavy (non-hydrogen) atoms. The van der Waals surface area contributed by atoms with E-state index in [1.54, 1.807) is 6.92 Å². The van der Waals surface area contributed by atoms with Crippen LogP contribution in [0.25, 0.3) is 0 Å². The van der Waals surface area contributed by atoms with Crippen LogP contribution in [0.1, 0.15) is 23.5 Å². The van der Waals surface area contributed by atoms with Gasteiger partial charge in [-0.15, -0.1) is 0 Å². The summed E-state index contributed by atoms with van der Waals surface area (Å²) in [5.41, 5.74) is 5.46. The van der Waals surface area contributed by atoms with Gasteiger partial charge in [0.05, 0.1) is 13.2 Å². The Morgan fingerprint density at radius 2 is 2.21 bits per heavy atom. The highest BCUT2D eigenvalue weighted by Gasteiger charge is 2.19. The van der Waals surface area contributed by atoms with Crippen LogP contribution in [-0.2, 0) is 4.74 Å². The maximum absolute atomic E-state index is 11.4. The van der Waals surface area contributed by atoms with Crippen molar-refractivity contribution in [3.8, 4) is 5.88 Å². The third kappa shape index (κ3) is 2.35. The molecule has 0 aliphatic heterocycles. The topological polar surface area (TPSA) is 74.4 Å². The van der Waals surface area contributed by atoms with E-state index in [0.717, 1.165) is 11.3 Å². The first-order valence-electron chi connectivity index (χ1n) is 4.25. The molecular weight excluding hydrogens is 204 g/mol. The largest absolute Gasteiger partial charge is 0.477 e. The molecule has 0 unspecified atom stereocenters. The lowest BCUT2D eigenvalue weighted by molar-refractivity contribution is 0.0527. The summed E-state index contributed by atoms with van der Waals surface area (Å²) in [6.45, 7) is 4.31. The third-order valence-corrected chi connectivity index (χ3v) is 2.20. The van der Waals surface area contributed by atoms with Crippen LogP contribution in [0.4, 0.5) is 5.13 Å². The van der Waals surface area contributed by atoms with E-state index in [1.165, 1.54) is 0 Å². The van der Waals surface area contributed by atoms with Gasteiger partial charge in [0.2, 0.25) is 5.88 Å². The van der Waals surface area contributed by atoms with Crippen LogP contribution in [0.3, 0.4) is 0 Å². The predicted molar refractivity (Wildman–Crippen MR) is 53.7 cm³/mol. The summed E-state index contributed by atoms with van der Waals surface area (Å²) in [6.07, 6.45) is 0. The van der Waals surface area contributed by atoms with Gasteiger partial charge in [-0.25, -0.2) is 4.79 Å². The van der Waals surface area contributed by atoms with Crippen LogP contribution < -0.4 is 10.5 Å². The number of aromatic nitrogens is 1. The molecule has 0 aliphatic rings. The van der Waals surface area contributed by atoms with E-state index in [4.69, 9.17) is 15.2 Å². The van der Waals surface area contributed by atoms with Crippen molar-refractivity contribution >= 4 is 22.4 Å². The Morgan fingerprint density at radius 3 is 2.79 bits per heavy atom. The number of esters is 1. The van der Waals surface area contributed by atoms with Crippen molar-refractivity contribution in [3.63, 3.8) is 0 Å². The summed E-state index contributed by atoms with van der Waals surface area (Å²) in [7, 11) is 0. The van der Waals surface area contributed by atoms with Crippen LogP contribution in [0, 0.1) is 0 Å². The number of nitrogens with zero attached hydrogens (tertiary/aromatic N) is 1. The van der Waals surface area contributed by atoms with Crippen LogP contribution >= 0.6 is 11.3 Å². The number of anilines is 1. The molecular formula is C8H12N2O3S. The Morgan fingerprint density at radius 1 is 1.50 bits per heavy atom. The third-order valence-electron chi connectivity index (χ3n) is 1.35. The lowest BCUT2D eigenvalue weighted by Gasteiger charge is -2.01. The Hall–Kier alpha value is -1.30. The average molecular weight is 216 g/mol. The molecule has 0 saturated heterocycles. The van der Waals surface area contributed by atoms with Gasteiger partial charge >= 0.3 is 5.97 Å². The molecule has 0 amide bonds. The fraction of sp³-hybridized carbons (Fsp3) is 0.500. The smallest absolute Gasteiger partial charge is 0.354 e. The standard InChI is InChI=1S/C8H12N2O3S/c1-3-12-6-5(7(11)13-4-2)14-8(9)10-6/h3-4H2,1-2H3,(H2,9,10). The molecule has 0 aliphatic carbocycles. The number of ether oxygens (including phenoxy) is 2. The van der Waals surface area contributed by atoms with Gasteiger partial charge in [-0.05, 0) is 13.8 Å². The van der Waals surface area contributed by atoms with E-state index < -0.39 is 5.97 Å². The minimum absolute atomic E-state index is 0.258. The number of hydrogen-bond acceptors (Lipinski definition) is 6. The maximum atomic E-state index is 11.4. The van der Waals surface area contributed by atoms with Gasteiger partial charge in [0, 0.05) is 0 Å². The zero-order valence-electron chi connectivity index (χ0n) is 8.07. The zero-order valence-corrected chi connectivity index (χ0v) is 8.89. The van der Waals surface area contributed by atoms with Gasteiger partial charge in [-0.2, -0.15) is 4.98 Å². The summed E-state index contributed by atoms with van der Waals surface area (Å²) >= 11 is 1.07. The average Bonchev–Trinajstić information content (AvgIpc) is 2.48. The summed E-state index contributed by atoms with van der Waals surface area (Å²) in [4.78, 5) is 15.6. The molecule has 0 aromatic carbocycles. The number of hydrogen-bond donors (Lipinski definition) is 1. The lowest BCUT2D eigenvalue weighted by atomic mass is 10.5. The first-order chi connectivity index (χ1) is 6.69. The number of nitrogens with two attached hydrogens (primary N) is 1. The van der Waals surface area contributed by atoms with Gasteiger partial charge in [0.25, 0.3) is 0 Å². The summed E-state index contributed by atoms with van der Waals surface area (Å²) in [5, 5.41) is 0.302. The summed E-state index contributed by atoms with van der Waals surface area (Å²) < 4.78 is 9.97. The number of nitrogen functional groups attached to an aromatic ring is 1. The monoisotopic (exact) mass is 216 g/mol. The van der Waals surface area contributed by atoms with Gasteiger partial charge in [-0.3, -0.25) is 0 Å². The second-order valence-corrected chi connectivity index (χ2v) is 3.37. The molecule has 1 aromatic heterocycles. The number of thiazole rings is 1. The Labute approximate surface area is 85.8 Å². The molecule has 1 aromatic rings. The second-order valence-electron chi connectivity index (χ2n) is 2.34. The van der Waals surface area contributed by atoms with Crippen molar-refractivity contribution in [1.82, 2.24) is 4.98 Å². The first kappa shape index (κ1) is 10.8.